The maximum absolute atomic E-state index is 13.4. The molecule has 1 aliphatic carbocycles. The molecule has 0 bridgehead atoms. The highest BCUT2D eigenvalue weighted by Gasteiger charge is 2.27. The first-order chi connectivity index (χ1) is 8.61. The van der Waals surface area contributed by atoms with Crippen molar-refractivity contribution < 1.29 is 4.39 Å². The highest BCUT2D eigenvalue weighted by molar-refractivity contribution is 7.99. The third-order valence-corrected chi connectivity index (χ3v) is 4.88. The van der Waals surface area contributed by atoms with Gasteiger partial charge in [-0.2, -0.15) is 11.8 Å². The summed E-state index contributed by atoms with van der Waals surface area (Å²) < 4.78 is 13.4. The van der Waals surface area contributed by atoms with Crippen molar-refractivity contribution >= 4 is 34.7 Å². The summed E-state index contributed by atoms with van der Waals surface area (Å²) in [5.41, 5.74) is 7.03. The smallest absolute Gasteiger partial charge is 0.143 e. The van der Waals surface area contributed by atoms with E-state index in [-0.39, 0.29) is 5.02 Å². The van der Waals surface area contributed by atoms with Crippen LogP contribution >= 0.6 is 23.4 Å². The van der Waals surface area contributed by atoms with E-state index in [1.807, 2.05) is 11.8 Å². The number of nitrogen functional groups attached to an aromatic ring is 1. The summed E-state index contributed by atoms with van der Waals surface area (Å²) >= 11 is 7.65. The van der Waals surface area contributed by atoms with E-state index in [0.717, 1.165) is 12.2 Å². The Hall–Kier alpha value is -0.610. The van der Waals surface area contributed by atoms with Crippen molar-refractivity contribution in [1.29, 1.82) is 0 Å². The van der Waals surface area contributed by atoms with Gasteiger partial charge < -0.3 is 11.1 Å². The molecule has 2 unspecified atom stereocenters. The summed E-state index contributed by atoms with van der Waals surface area (Å²) in [5, 5.41) is 4.03. The Bertz CT molecular complexity index is 428. The van der Waals surface area contributed by atoms with E-state index in [4.69, 9.17) is 17.3 Å². The SMILES string of the molecule is CCSC1CCCC1Nc1cc(F)c(Cl)cc1N. The molecule has 2 atom stereocenters. The van der Waals surface area contributed by atoms with Gasteiger partial charge in [-0.25, -0.2) is 4.39 Å². The third kappa shape index (κ3) is 3.04. The lowest BCUT2D eigenvalue weighted by Gasteiger charge is -2.22. The zero-order valence-corrected chi connectivity index (χ0v) is 12.0. The quantitative estimate of drug-likeness (QED) is 0.818. The predicted molar refractivity (Wildman–Crippen MR) is 79.0 cm³/mol. The van der Waals surface area contributed by atoms with Crippen molar-refractivity contribution in [3.63, 3.8) is 0 Å². The van der Waals surface area contributed by atoms with Crippen LogP contribution in [-0.2, 0) is 0 Å². The summed E-state index contributed by atoms with van der Waals surface area (Å²) in [6, 6.07) is 3.23. The van der Waals surface area contributed by atoms with E-state index >= 15 is 0 Å². The molecule has 1 aliphatic rings. The lowest BCUT2D eigenvalue weighted by Crippen LogP contribution is -2.26. The van der Waals surface area contributed by atoms with Gasteiger partial charge in [-0.05, 0) is 24.7 Å². The highest BCUT2D eigenvalue weighted by Crippen LogP contribution is 2.34. The molecule has 0 spiro atoms. The summed E-state index contributed by atoms with van der Waals surface area (Å²) in [5.74, 6) is 0.680. The van der Waals surface area contributed by atoms with E-state index in [0.29, 0.717) is 22.7 Å². The summed E-state index contributed by atoms with van der Waals surface area (Å²) in [6.07, 6.45) is 3.54. The van der Waals surface area contributed by atoms with Crippen LogP contribution in [0.5, 0.6) is 0 Å². The van der Waals surface area contributed by atoms with Crippen LogP contribution in [0.15, 0.2) is 12.1 Å². The molecule has 5 heteroatoms. The largest absolute Gasteiger partial charge is 0.397 e. The maximum Gasteiger partial charge on any atom is 0.143 e. The fraction of sp³-hybridized carbons (Fsp3) is 0.538. The number of nitrogens with two attached hydrogens (primary N) is 1. The number of anilines is 2. The molecule has 1 saturated carbocycles. The number of thioether (sulfide) groups is 1. The van der Waals surface area contributed by atoms with Crippen LogP contribution in [0.1, 0.15) is 26.2 Å². The maximum atomic E-state index is 13.4. The van der Waals surface area contributed by atoms with Gasteiger partial charge >= 0.3 is 0 Å². The minimum atomic E-state index is -0.425. The molecule has 1 aromatic carbocycles. The van der Waals surface area contributed by atoms with Gasteiger partial charge in [0.05, 0.1) is 16.4 Å². The van der Waals surface area contributed by atoms with Crippen LogP contribution in [0.4, 0.5) is 15.8 Å². The second-order valence-corrected chi connectivity index (χ2v) is 6.45. The molecule has 1 fully saturated rings. The van der Waals surface area contributed by atoms with Gasteiger partial charge in [-0.3, -0.25) is 0 Å². The minimum absolute atomic E-state index is 0.0731. The van der Waals surface area contributed by atoms with Crippen LogP contribution in [-0.4, -0.2) is 17.0 Å². The molecule has 0 amide bonds. The summed E-state index contributed by atoms with van der Waals surface area (Å²) in [4.78, 5) is 0. The van der Waals surface area contributed by atoms with Crippen molar-refractivity contribution in [1.82, 2.24) is 0 Å². The number of halogens is 2. The highest BCUT2D eigenvalue weighted by atomic mass is 35.5. The Morgan fingerprint density at radius 3 is 3.00 bits per heavy atom. The number of hydrogen-bond donors (Lipinski definition) is 2. The topological polar surface area (TPSA) is 38.0 Å². The van der Waals surface area contributed by atoms with E-state index in [1.165, 1.54) is 25.0 Å². The van der Waals surface area contributed by atoms with E-state index < -0.39 is 5.82 Å². The van der Waals surface area contributed by atoms with Gasteiger partial charge in [0.15, 0.2) is 0 Å². The molecule has 0 saturated heterocycles. The Kier molecular flexibility index (Phi) is 4.62. The van der Waals surface area contributed by atoms with Crippen molar-refractivity contribution in [2.24, 2.45) is 0 Å². The van der Waals surface area contributed by atoms with E-state index in [2.05, 4.69) is 12.2 Å². The van der Waals surface area contributed by atoms with Gasteiger partial charge in [0.1, 0.15) is 5.82 Å². The van der Waals surface area contributed by atoms with Crippen molar-refractivity contribution in [3.8, 4) is 0 Å². The Balaban J connectivity index is 2.11. The lowest BCUT2D eigenvalue weighted by molar-refractivity contribution is 0.628. The standard InChI is InChI=1S/C13H18ClFN2S/c1-2-18-13-5-3-4-11(13)17-12-7-9(15)8(14)6-10(12)16/h6-7,11,13,17H,2-5,16H2,1H3. The molecule has 1 aromatic rings. The summed E-state index contributed by atoms with van der Waals surface area (Å²) in [6.45, 7) is 2.16. The Labute approximate surface area is 116 Å². The van der Waals surface area contributed by atoms with Crippen molar-refractivity contribution in [2.45, 2.75) is 37.5 Å². The zero-order chi connectivity index (χ0) is 13.1. The van der Waals surface area contributed by atoms with Crippen molar-refractivity contribution in [2.75, 3.05) is 16.8 Å². The lowest BCUT2D eigenvalue weighted by atomic mass is 10.2. The molecule has 0 aromatic heterocycles. The van der Waals surface area contributed by atoms with E-state index in [9.17, 15) is 4.39 Å². The first-order valence-corrected chi connectivity index (χ1v) is 7.67. The van der Waals surface area contributed by atoms with Crippen LogP contribution in [0, 0.1) is 5.82 Å². The van der Waals surface area contributed by atoms with Gasteiger partial charge in [-0.1, -0.05) is 24.9 Å². The first kappa shape index (κ1) is 13.8. The molecule has 18 heavy (non-hydrogen) atoms. The molecular formula is C13H18ClFN2S. The number of nitrogens with one attached hydrogen (secondary N) is 1. The van der Waals surface area contributed by atoms with Gasteiger partial charge in [-0.15, -0.1) is 0 Å². The number of rotatable bonds is 4. The Morgan fingerprint density at radius 1 is 1.50 bits per heavy atom. The van der Waals surface area contributed by atoms with Crippen LogP contribution in [0.3, 0.4) is 0 Å². The Morgan fingerprint density at radius 2 is 2.28 bits per heavy atom. The fourth-order valence-electron chi connectivity index (χ4n) is 2.39. The van der Waals surface area contributed by atoms with Crippen LogP contribution in [0.2, 0.25) is 5.02 Å². The third-order valence-electron chi connectivity index (χ3n) is 3.27. The molecule has 2 nitrogen and oxygen atoms in total. The molecule has 0 radical (unpaired) electrons. The van der Waals surface area contributed by atoms with Gasteiger partial charge in [0.25, 0.3) is 0 Å². The number of benzene rings is 1. The monoisotopic (exact) mass is 288 g/mol. The number of hydrogen-bond acceptors (Lipinski definition) is 3. The average molecular weight is 289 g/mol. The minimum Gasteiger partial charge on any atom is -0.397 e. The molecule has 0 aliphatic heterocycles. The normalized spacial score (nSPS) is 23.3. The second-order valence-electron chi connectivity index (χ2n) is 4.53. The van der Waals surface area contributed by atoms with Crippen molar-refractivity contribution in [3.05, 3.63) is 23.0 Å². The molecule has 3 N–H and O–H groups in total. The molecular weight excluding hydrogens is 271 g/mol. The predicted octanol–water partition coefficient (Wildman–Crippen LogP) is 4.15. The van der Waals surface area contributed by atoms with Gasteiger partial charge in [0, 0.05) is 17.4 Å². The zero-order valence-electron chi connectivity index (χ0n) is 10.4. The fourth-order valence-corrected chi connectivity index (χ4v) is 3.76. The second kappa shape index (κ2) is 6.02. The van der Waals surface area contributed by atoms with Crippen LogP contribution in [0.25, 0.3) is 0 Å². The summed E-state index contributed by atoms with van der Waals surface area (Å²) in [7, 11) is 0. The first-order valence-electron chi connectivity index (χ1n) is 6.24. The molecule has 0 heterocycles. The van der Waals surface area contributed by atoms with Gasteiger partial charge in [0.2, 0.25) is 0 Å². The molecule has 100 valence electrons. The van der Waals surface area contributed by atoms with Crippen LogP contribution < -0.4 is 11.1 Å². The van der Waals surface area contributed by atoms with E-state index in [1.54, 1.807) is 0 Å². The molecule has 2 rings (SSSR count). The average Bonchev–Trinajstić information content (AvgIpc) is 2.74.